The van der Waals surface area contributed by atoms with Crippen molar-refractivity contribution < 1.29 is 4.79 Å². The van der Waals surface area contributed by atoms with E-state index in [1.54, 1.807) is 0 Å². The lowest BCUT2D eigenvalue weighted by molar-refractivity contribution is 0.0650. The van der Waals surface area contributed by atoms with Gasteiger partial charge in [0.05, 0.1) is 5.01 Å². The Morgan fingerprint density at radius 3 is 2.82 bits per heavy atom. The number of nitrogens with zero attached hydrogens (tertiary/aromatic N) is 2. The van der Waals surface area contributed by atoms with Gasteiger partial charge in [-0.3, -0.25) is 4.79 Å². The average Bonchev–Trinajstić information content (AvgIpc) is 2.78. The molecule has 1 aromatic rings. The quantitative estimate of drug-likeness (QED) is 0.891. The van der Waals surface area contributed by atoms with Crippen LogP contribution in [0.4, 0.5) is 0 Å². The zero-order valence-electron chi connectivity index (χ0n) is 10.4. The van der Waals surface area contributed by atoms with Crippen LogP contribution in [0.15, 0.2) is 5.38 Å². The van der Waals surface area contributed by atoms with Crippen molar-refractivity contribution in [2.75, 3.05) is 19.6 Å². The minimum Gasteiger partial charge on any atom is -0.334 e. The second-order valence-electron chi connectivity index (χ2n) is 4.32. The minimum absolute atomic E-state index is 0.0868. The molecule has 1 aliphatic rings. The number of carbonyl (C=O) groups is 1. The van der Waals surface area contributed by atoms with E-state index in [1.807, 2.05) is 24.1 Å². The molecule has 2 heterocycles. The number of hydrogen-bond acceptors (Lipinski definition) is 4. The lowest BCUT2D eigenvalue weighted by Crippen LogP contribution is -2.46. The molecule has 0 spiro atoms. The lowest BCUT2D eigenvalue weighted by Gasteiger charge is -2.33. The van der Waals surface area contributed by atoms with Crippen molar-refractivity contribution in [3.05, 3.63) is 16.1 Å². The van der Waals surface area contributed by atoms with Gasteiger partial charge in [-0.15, -0.1) is 11.3 Å². The summed E-state index contributed by atoms with van der Waals surface area (Å²) in [6.45, 7) is 6.75. The fraction of sp³-hybridized carbons (Fsp3) is 0.667. The lowest BCUT2D eigenvalue weighted by atomic mass is 10.0. The minimum atomic E-state index is 0.0868. The van der Waals surface area contributed by atoms with Crippen molar-refractivity contribution in [1.82, 2.24) is 15.2 Å². The molecule has 0 bridgehead atoms. The third kappa shape index (κ3) is 2.84. The van der Waals surface area contributed by atoms with Gasteiger partial charge in [-0.1, -0.05) is 0 Å². The van der Waals surface area contributed by atoms with Gasteiger partial charge in [-0.25, -0.2) is 4.98 Å². The predicted octanol–water partition coefficient (Wildman–Crippen LogP) is 1.67. The summed E-state index contributed by atoms with van der Waals surface area (Å²) in [5, 5.41) is 6.14. The van der Waals surface area contributed by atoms with E-state index in [9.17, 15) is 4.79 Å². The molecule has 5 heteroatoms. The van der Waals surface area contributed by atoms with Gasteiger partial charge in [0.1, 0.15) is 5.69 Å². The maximum absolute atomic E-state index is 12.3. The Hall–Kier alpha value is -0.940. The molecule has 0 aromatic carbocycles. The maximum atomic E-state index is 12.3. The first-order valence-corrected chi connectivity index (χ1v) is 7.04. The Balaban J connectivity index is 2.09. The fourth-order valence-corrected chi connectivity index (χ4v) is 2.88. The second-order valence-corrected chi connectivity index (χ2v) is 5.39. The summed E-state index contributed by atoms with van der Waals surface area (Å²) in [6.07, 6.45) is 2.09. The predicted molar refractivity (Wildman–Crippen MR) is 69.5 cm³/mol. The number of carbonyl (C=O) groups excluding carboxylic acids is 1. The van der Waals surface area contributed by atoms with Gasteiger partial charge < -0.3 is 10.2 Å². The molecule has 0 radical (unpaired) electrons. The van der Waals surface area contributed by atoms with Gasteiger partial charge in [-0.2, -0.15) is 0 Å². The zero-order chi connectivity index (χ0) is 12.3. The molecule has 1 aliphatic heterocycles. The highest BCUT2D eigenvalue weighted by molar-refractivity contribution is 7.09. The van der Waals surface area contributed by atoms with Crippen molar-refractivity contribution in [2.45, 2.75) is 32.7 Å². The van der Waals surface area contributed by atoms with Crippen LogP contribution < -0.4 is 5.32 Å². The maximum Gasteiger partial charge on any atom is 0.273 e. The van der Waals surface area contributed by atoms with Crippen LogP contribution in [-0.2, 0) is 0 Å². The van der Waals surface area contributed by atoms with E-state index in [-0.39, 0.29) is 5.91 Å². The Labute approximate surface area is 106 Å². The highest BCUT2D eigenvalue weighted by Gasteiger charge is 2.25. The van der Waals surface area contributed by atoms with Gasteiger partial charge in [0, 0.05) is 18.0 Å². The standard InChI is InChI=1S/C12H19N3OS/c1-3-15(10-4-6-13-7-5-10)12(16)11-8-17-9(2)14-11/h8,10,13H,3-7H2,1-2H3. The molecule has 0 unspecified atom stereocenters. The van der Waals surface area contributed by atoms with Crippen molar-refractivity contribution >= 4 is 17.2 Å². The van der Waals surface area contributed by atoms with Crippen LogP contribution in [-0.4, -0.2) is 41.5 Å². The van der Waals surface area contributed by atoms with E-state index in [4.69, 9.17) is 0 Å². The summed E-state index contributed by atoms with van der Waals surface area (Å²) in [5.74, 6) is 0.0868. The van der Waals surface area contributed by atoms with Crippen molar-refractivity contribution in [2.24, 2.45) is 0 Å². The SMILES string of the molecule is CCN(C(=O)c1csc(C)n1)C1CCNCC1. The first-order chi connectivity index (χ1) is 8.22. The molecular formula is C12H19N3OS. The molecule has 2 rings (SSSR count). The molecule has 0 aliphatic carbocycles. The van der Waals surface area contributed by atoms with E-state index in [2.05, 4.69) is 10.3 Å². The van der Waals surface area contributed by atoms with Crippen molar-refractivity contribution in [3.63, 3.8) is 0 Å². The Morgan fingerprint density at radius 1 is 1.59 bits per heavy atom. The Morgan fingerprint density at radius 2 is 2.29 bits per heavy atom. The van der Waals surface area contributed by atoms with Crippen LogP contribution >= 0.6 is 11.3 Å². The summed E-state index contributed by atoms with van der Waals surface area (Å²) in [5.41, 5.74) is 0.605. The van der Waals surface area contributed by atoms with E-state index < -0.39 is 0 Å². The topological polar surface area (TPSA) is 45.2 Å². The number of piperidine rings is 1. The van der Waals surface area contributed by atoms with Gasteiger partial charge in [0.25, 0.3) is 5.91 Å². The van der Waals surface area contributed by atoms with Crippen LogP contribution in [0.25, 0.3) is 0 Å². The molecule has 1 amide bonds. The average molecular weight is 253 g/mol. The van der Waals surface area contributed by atoms with E-state index in [0.29, 0.717) is 11.7 Å². The van der Waals surface area contributed by atoms with Crippen LogP contribution in [0, 0.1) is 6.92 Å². The van der Waals surface area contributed by atoms with Crippen LogP contribution in [0.3, 0.4) is 0 Å². The number of hydrogen-bond donors (Lipinski definition) is 1. The number of rotatable bonds is 3. The Bertz CT molecular complexity index is 385. The number of aryl methyl sites for hydroxylation is 1. The highest BCUT2D eigenvalue weighted by atomic mass is 32.1. The van der Waals surface area contributed by atoms with E-state index in [1.165, 1.54) is 11.3 Å². The summed E-state index contributed by atoms with van der Waals surface area (Å²) >= 11 is 1.54. The first-order valence-electron chi connectivity index (χ1n) is 6.16. The molecule has 94 valence electrons. The van der Waals surface area contributed by atoms with Gasteiger partial charge >= 0.3 is 0 Å². The van der Waals surface area contributed by atoms with Crippen LogP contribution in [0.5, 0.6) is 0 Å². The normalized spacial score (nSPS) is 17.1. The third-order valence-electron chi connectivity index (χ3n) is 3.19. The highest BCUT2D eigenvalue weighted by Crippen LogP contribution is 2.16. The monoisotopic (exact) mass is 253 g/mol. The molecule has 17 heavy (non-hydrogen) atoms. The van der Waals surface area contributed by atoms with Crippen LogP contribution in [0.2, 0.25) is 0 Å². The summed E-state index contributed by atoms with van der Waals surface area (Å²) < 4.78 is 0. The van der Waals surface area contributed by atoms with Gasteiger partial charge in [0.15, 0.2) is 0 Å². The van der Waals surface area contributed by atoms with Crippen LogP contribution in [0.1, 0.15) is 35.3 Å². The Kier molecular flexibility index (Phi) is 4.12. The molecule has 4 nitrogen and oxygen atoms in total. The number of nitrogens with one attached hydrogen (secondary N) is 1. The van der Waals surface area contributed by atoms with Crippen molar-refractivity contribution in [3.8, 4) is 0 Å². The number of thiazole rings is 1. The van der Waals surface area contributed by atoms with E-state index >= 15 is 0 Å². The fourth-order valence-electron chi connectivity index (χ4n) is 2.29. The molecule has 0 atom stereocenters. The summed E-state index contributed by atoms with van der Waals surface area (Å²) in [6, 6.07) is 0.371. The smallest absolute Gasteiger partial charge is 0.273 e. The molecule has 1 N–H and O–H groups in total. The van der Waals surface area contributed by atoms with Gasteiger partial charge in [-0.05, 0) is 39.8 Å². The summed E-state index contributed by atoms with van der Waals surface area (Å²) in [4.78, 5) is 18.6. The molecule has 1 saturated heterocycles. The summed E-state index contributed by atoms with van der Waals surface area (Å²) in [7, 11) is 0. The largest absolute Gasteiger partial charge is 0.334 e. The second kappa shape index (κ2) is 5.60. The first kappa shape index (κ1) is 12.5. The van der Waals surface area contributed by atoms with Crippen molar-refractivity contribution in [1.29, 1.82) is 0 Å². The number of aromatic nitrogens is 1. The zero-order valence-corrected chi connectivity index (χ0v) is 11.2. The molecule has 0 saturated carbocycles. The van der Waals surface area contributed by atoms with E-state index in [0.717, 1.165) is 37.5 Å². The molecule has 1 fully saturated rings. The molecule has 1 aromatic heterocycles. The molecular weight excluding hydrogens is 234 g/mol. The van der Waals surface area contributed by atoms with Gasteiger partial charge in [0.2, 0.25) is 0 Å². The number of amides is 1. The third-order valence-corrected chi connectivity index (χ3v) is 3.96.